The summed E-state index contributed by atoms with van der Waals surface area (Å²) in [6.07, 6.45) is 5.37. The van der Waals surface area contributed by atoms with E-state index in [2.05, 4.69) is 9.29 Å². The van der Waals surface area contributed by atoms with E-state index in [4.69, 9.17) is 4.74 Å². The van der Waals surface area contributed by atoms with Gasteiger partial charge in [-0.2, -0.15) is 0 Å². The first kappa shape index (κ1) is 18.5. The lowest BCUT2D eigenvalue weighted by molar-refractivity contribution is 0.0959. The van der Waals surface area contributed by atoms with E-state index in [1.54, 1.807) is 17.0 Å². The highest BCUT2D eigenvalue weighted by Gasteiger charge is 2.23. The zero-order chi connectivity index (χ0) is 20.3. The first-order valence-electron chi connectivity index (χ1n) is 9.64. The number of hydrogen-bond donors (Lipinski definition) is 0. The number of anilines is 1. The fraction of sp³-hybridized carbons (Fsp3) is 0.0833. The molecule has 0 spiro atoms. The standard InChI is InChI=1S/C24H19N3O2S/c28-24(20-15-27(30-17-20)21-7-4-11-25-14-21)26-12-10-19-13-22(8-9-23(19)26)29-16-18-5-2-1-3-6-18/h1-14,17H,15-16H2. The average Bonchev–Trinajstić information content (AvgIpc) is 3.46. The first-order chi connectivity index (χ1) is 14.8. The molecule has 148 valence electrons. The van der Waals surface area contributed by atoms with Crippen LogP contribution in [0.5, 0.6) is 5.75 Å². The second kappa shape index (κ2) is 8.08. The van der Waals surface area contributed by atoms with Crippen LogP contribution in [0.25, 0.3) is 10.9 Å². The summed E-state index contributed by atoms with van der Waals surface area (Å²) in [6, 6.07) is 21.7. The Bertz CT molecular complexity index is 1220. The number of pyridine rings is 1. The summed E-state index contributed by atoms with van der Waals surface area (Å²) >= 11 is 1.52. The van der Waals surface area contributed by atoms with Crippen LogP contribution in [0.2, 0.25) is 0 Å². The highest BCUT2D eigenvalue weighted by molar-refractivity contribution is 8.03. The number of benzene rings is 2. The van der Waals surface area contributed by atoms with Crippen LogP contribution in [0, 0.1) is 0 Å². The van der Waals surface area contributed by atoms with E-state index in [-0.39, 0.29) is 5.91 Å². The van der Waals surface area contributed by atoms with Crippen LogP contribution in [-0.4, -0.2) is 22.0 Å². The molecule has 0 saturated carbocycles. The number of nitrogens with zero attached hydrogens (tertiary/aromatic N) is 3. The van der Waals surface area contributed by atoms with Crippen LogP contribution < -0.4 is 9.04 Å². The van der Waals surface area contributed by atoms with Crippen LogP contribution in [0.3, 0.4) is 0 Å². The third kappa shape index (κ3) is 3.69. The van der Waals surface area contributed by atoms with Gasteiger partial charge in [0.2, 0.25) is 0 Å². The molecule has 2 aromatic heterocycles. The molecule has 1 aliphatic rings. The summed E-state index contributed by atoms with van der Waals surface area (Å²) in [6.45, 7) is 1.06. The van der Waals surface area contributed by atoms with Crippen molar-refractivity contribution in [3.8, 4) is 5.75 Å². The summed E-state index contributed by atoms with van der Waals surface area (Å²) in [7, 11) is 0. The predicted molar refractivity (Wildman–Crippen MR) is 121 cm³/mol. The fourth-order valence-electron chi connectivity index (χ4n) is 3.41. The Hall–Kier alpha value is -3.51. The number of carbonyl (C=O) groups excluding carboxylic acids is 1. The van der Waals surface area contributed by atoms with Gasteiger partial charge in [-0.25, -0.2) is 0 Å². The topological polar surface area (TPSA) is 47.4 Å². The van der Waals surface area contributed by atoms with Crippen molar-refractivity contribution in [1.29, 1.82) is 0 Å². The van der Waals surface area contributed by atoms with Gasteiger partial charge in [0.15, 0.2) is 0 Å². The number of hydrogen-bond acceptors (Lipinski definition) is 5. The first-order valence-corrected chi connectivity index (χ1v) is 10.5. The molecule has 1 aliphatic heterocycles. The molecule has 5 nitrogen and oxygen atoms in total. The summed E-state index contributed by atoms with van der Waals surface area (Å²) < 4.78 is 9.67. The van der Waals surface area contributed by atoms with Crippen LogP contribution in [0.1, 0.15) is 10.4 Å². The molecule has 0 fully saturated rings. The molecule has 0 saturated heterocycles. The third-order valence-corrected chi connectivity index (χ3v) is 5.96. The quantitative estimate of drug-likeness (QED) is 0.415. The van der Waals surface area contributed by atoms with Crippen molar-refractivity contribution >= 4 is 34.4 Å². The number of carbonyl (C=O) groups is 1. The zero-order valence-corrected chi connectivity index (χ0v) is 17.0. The Labute approximate surface area is 178 Å². The van der Waals surface area contributed by atoms with Crippen LogP contribution in [-0.2, 0) is 6.61 Å². The highest BCUT2D eigenvalue weighted by atomic mass is 32.2. The Kier molecular flexibility index (Phi) is 4.99. The number of fused-ring (bicyclic) bond motifs is 1. The second-order valence-corrected chi connectivity index (χ2v) is 7.87. The van der Waals surface area contributed by atoms with Crippen molar-refractivity contribution in [2.24, 2.45) is 0 Å². The summed E-state index contributed by atoms with van der Waals surface area (Å²) in [5.41, 5.74) is 3.73. The van der Waals surface area contributed by atoms with Crippen LogP contribution in [0.15, 0.2) is 96.3 Å². The number of aromatic nitrogens is 2. The zero-order valence-electron chi connectivity index (χ0n) is 16.1. The van der Waals surface area contributed by atoms with Crippen molar-refractivity contribution in [2.75, 3.05) is 10.8 Å². The van der Waals surface area contributed by atoms with Gasteiger partial charge in [0, 0.05) is 28.8 Å². The second-order valence-electron chi connectivity index (χ2n) is 6.98. The number of ether oxygens (including phenoxy) is 1. The molecule has 3 heterocycles. The average molecular weight is 414 g/mol. The van der Waals surface area contributed by atoms with Crippen molar-refractivity contribution in [3.63, 3.8) is 0 Å². The predicted octanol–water partition coefficient (Wildman–Crippen LogP) is 5.31. The van der Waals surface area contributed by atoms with E-state index in [1.807, 2.05) is 78.3 Å². The highest BCUT2D eigenvalue weighted by Crippen LogP contribution is 2.31. The van der Waals surface area contributed by atoms with Gasteiger partial charge in [-0.05, 0) is 53.9 Å². The smallest absolute Gasteiger partial charge is 0.260 e. The minimum Gasteiger partial charge on any atom is -0.489 e. The van der Waals surface area contributed by atoms with E-state index >= 15 is 0 Å². The molecule has 0 amide bonds. The van der Waals surface area contributed by atoms with Crippen molar-refractivity contribution < 1.29 is 9.53 Å². The molecule has 0 atom stereocenters. The minimum absolute atomic E-state index is 0.0122. The lowest BCUT2D eigenvalue weighted by Crippen LogP contribution is -2.19. The van der Waals surface area contributed by atoms with E-state index in [0.717, 1.165) is 33.5 Å². The molecule has 0 aliphatic carbocycles. The van der Waals surface area contributed by atoms with Gasteiger partial charge in [0.1, 0.15) is 12.4 Å². The molecular formula is C24H19N3O2S. The normalized spacial score (nSPS) is 13.5. The molecule has 0 unspecified atom stereocenters. The SMILES string of the molecule is O=C(C1=CSN(c2cccnc2)C1)n1ccc2cc(OCc3ccccc3)ccc21. The van der Waals surface area contributed by atoms with Gasteiger partial charge in [-0.1, -0.05) is 30.3 Å². The van der Waals surface area contributed by atoms with Crippen molar-refractivity contribution in [1.82, 2.24) is 9.55 Å². The largest absolute Gasteiger partial charge is 0.489 e. The van der Waals surface area contributed by atoms with Gasteiger partial charge in [-0.15, -0.1) is 0 Å². The van der Waals surface area contributed by atoms with Crippen LogP contribution >= 0.6 is 11.9 Å². The van der Waals surface area contributed by atoms with Gasteiger partial charge in [-0.3, -0.25) is 14.3 Å². The Balaban J connectivity index is 1.31. The van der Waals surface area contributed by atoms with Gasteiger partial charge in [0.05, 0.1) is 23.9 Å². The Morgan fingerprint density at radius 1 is 1.07 bits per heavy atom. The van der Waals surface area contributed by atoms with Gasteiger partial charge < -0.3 is 9.04 Å². The molecular weight excluding hydrogens is 394 g/mol. The van der Waals surface area contributed by atoms with E-state index in [9.17, 15) is 4.79 Å². The maximum absolute atomic E-state index is 13.1. The van der Waals surface area contributed by atoms with E-state index < -0.39 is 0 Å². The molecule has 0 radical (unpaired) electrons. The Morgan fingerprint density at radius 2 is 1.97 bits per heavy atom. The minimum atomic E-state index is -0.0122. The summed E-state index contributed by atoms with van der Waals surface area (Å²) in [5.74, 6) is 0.775. The monoisotopic (exact) mass is 413 g/mol. The van der Waals surface area contributed by atoms with E-state index in [0.29, 0.717) is 13.2 Å². The van der Waals surface area contributed by atoms with Crippen molar-refractivity contribution in [3.05, 3.63) is 102 Å². The van der Waals surface area contributed by atoms with Crippen LogP contribution in [0.4, 0.5) is 5.69 Å². The third-order valence-electron chi connectivity index (χ3n) is 4.97. The lowest BCUT2D eigenvalue weighted by Gasteiger charge is -2.16. The van der Waals surface area contributed by atoms with Crippen molar-refractivity contribution in [2.45, 2.75) is 6.61 Å². The summed E-state index contributed by atoms with van der Waals surface area (Å²) in [5, 5.41) is 2.89. The fourth-order valence-corrected chi connectivity index (χ4v) is 4.28. The number of rotatable bonds is 5. The van der Waals surface area contributed by atoms with E-state index in [1.165, 1.54) is 11.9 Å². The molecule has 6 heteroatoms. The maximum Gasteiger partial charge on any atom is 0.260 e. The molecule has 4 aromatic rings. The molecule has 30 heavy (non-hydrogen) atoms. The van der Waals surface area contributed by atoms with Gasteiger partial charge >= 0.3 is 0 Å². The molecule has 5 rings (SSSR count). The lowest BCUT2D eigenvalue weighted by atomic mass is 10.2. The molecule has 0 N–H and O–H groups in total. The Morgan fingerprint density at radius 3 is 2.80 bits per heavy atom. The molecule has 0 bridgehead atoms. The molecule has 2 aromatic carbocycles. The maximum atomic E-state index is 13.1. The van der Waals surface area contributed by atoms with Gasteiger partial charge in [0.25, 0.3) is 5.91 Å². The summed E-state index contributed by atoms with van der Waals surface area (Å²) in [4.78, 5) is 17.3.